The molecule has 0 heterocycles. The van der Waals surface area contributed by atoms with E-state index in [-0.39, 0.29) is 0 Å². The van der Waals surface area contributed by atoms with Crippen molar-refractivity contribution >= 4 is 17.5 Å². The number of carbonyl (C=O) groups excluding carboxylic acids is 1. The monoisotopic (exact) mass is 124 g/mol. The zero-order valence-corrected chi connectivity index (χ0v) is 3.94. The van der Waals surface area contributed by atoms with Crippen LogP contribution in [0.1, 0.15) is 0 Å². The number of rotatable bonds is 1. The Morgan fingerprint density at radius 2 is 2.14 bits per heavy atom. The first-order valence-electron chi connectivity index (χ1n) is 1.20. The summed E-state index contributed by atoms with van der Waals surface area (Å²) in [4.78, 5) is 9.42. The number of nitrogens with two attached hydrogens (primary N) is 1. The Balaban J connectivity index is 3.32. The van der Waals surface area contributed by atoms with Crippen LogP contribution >= 0.6 is 0 Å². The maximum Gasteiger partial charge on any atom is 0.420 e. The minimum absolute atomic E-state index is 1.33. The van der Waals surface area contributed by atoms with E-state index in [2.05, 4.69) is 9.92 Å². The highest BCUT2D eigenvalue weighted by molar-refractivity contribution is 7.74. The van der Waals surface area contributed by atoms with Gasteiger partial charge in [0.25, 0.3) is 0 Å². The van der Waals surface area contributed by atoms with Gasteiger partial charge in [-0.2, -0.15) is 4.21 Å². The first kappa shape index (κ1) is 6.38. The van der Waals surface area contributed by atoms with Crippen LogP contribution in [-0.4, -0.2) is 10.3 Å². The predicted octanol–water partition coefficient (Wildman–Crippen LogP) is -0.909. The van der Waals surface area contributed by atoms with Crippen molar-refractivity contribution in [3.63, 3.8) is 0 Å². The van der Waals surface area contributed by atoms with Crippen LogP contribution in [0.4, 0.5) is 4.79 Å². The van der Waals surface area contributed by atoms with E-state index in [1.807, 2.05) is 0 Å². The molecule has 0 bridgehead atoms. The average Bonchev–Trinajstić information content (AvgIpc) is 1.27. The molecule has 0 aromatic carbocycles. The third-order valence-electron chi connectivity index (χ3n) is 0.150. The van der Waals surface area contributed by atoms with Crippen LogP contribution < -0.4 is 5.73 Å². The maximum atomic E-state index is 9.42. The van der Waals surface area contributed by atoms with Crippen molar-refractivity contribution in [1.29, 1.82) is 0 Å². The number of carbonyl (C=O) groups is 1. The van der Waals surface area contributed by atoms with Crippen LogP contribution in [0.15, 0.2) is 0 Å². The van der Waals surface area contributed by atoms with Crippen LogP contribution in [0.25, 0.3) is 0 Å². The van der Waals surface area contributed by atoms with Gasteiger partial charge in [-0.25, -0.2) is 4.79 Å². The van der Waals surface area contributed by atoms with E-state index in [9.17, 15) is 13.6 Å². The molecule has 0 aliphatic rings. The maximum absolute atomic E-state index is 9.42. The normalized spacial score (nSPS) is 12.7. The molecule has 41 valence electrons. The smallest absolute Gasteiger partial charge is 0.334 e. The van der Waals surface area contributed by atoms with Gasteiger partial charge in [-0.3, -0.25) is 0 Å². The summed E-state index contributed by atoms with van der Waals surface area (Å²) in [7, 11) is 0. The van der Waals surface area contributed by atoms with Crippen molar-refractivity contribution in [1.82, 2.24) is 0 Å². The second-order valence-electron chi connectivity index (χ2n) is 0.606. The van der Waals surface area contributed by atoms with E-state index in [1.165, 1.54) is 0 Å². The van der Waals surface area contributed by atoms with Gasteiger partial charge in [0.15, 0.2) is 0 Å². The Kier molecular flexibility index (Phi) is 2.31. The van der Waals surface area contributed by atoms with Crippen molar-refractivity contribution in [2.45, 2.75) is 0 Å². The Morgan fingerprint density at radius 3 is 2.14 bits per heavy atom. The number of hydrogen-bond acceptors (Lipinski definition) is 3. The van der Waals surface area contributed by atoms with E-state index in [0.717, 1.165) is 0 Å². The molecule has 7 heavy (non-hydrogen) atoms. The number of primary amides is 1. The van der Waals surface area contributed by atoms with Gasteiger partial charge in [-0.05, 0) is 0 Å². The summed E-state index contributed by atoms with van der Waals surface area (Å²) in [5.74, 6) is 0. The summed E-state index contributed by atoms with van der Waals surface area (Å²) < 4.78 is 21.9. The fourth-order valence-electron chi connectivity index (χ4n) is 0.0671. The highest BCUT2D eigenvalue weighted by Gasteiger charge is 1.97. The molecule has 0 spiro atoms. The Bertz CT molecular complexity index is 87.9. The lowest BCUT2D eigenvalue weighted by atomic mass is 11.3. The molecule has 0 saturated carbocycles. The van der Waals surface area contributed by atoms with Crippen LogP contribution in [0, 0.1) is 0 Å². The first-order valence-corrected chi connectivity index (χ1v) is 2.20. The molecule has 0 aromatic heterocycles. The predicted molar refractivity (Wildman–Crippen MR) is 19.5 cm³/mol. The quantitative estimate of drug-likeness (QED) is 0.490. The molecule has 0 aromatic rings. The second kappa shape index (κ2) is 2.54. The molecule has 1 amide bonds. The third-order valence-corrected chi connectivity index (χ3v) is 0.451. The summed E-state index contributed by atoms with van der Waals surface area (Å²) >= 11 is -2.82. The summed E-state index contributed by atoms with van der Waals surface area (Å²) in [5, 5.41) is 0. The fraction of sp³-hybridized carbons (Fsp3) is 0. The van der Waals surface area contributed by atoms with Gasteiger partial charge in [-0.15, -0.1) is 0 Å². The average molecular weight is 124 g/mol. The van der Waals surface area contributed by atoms with Crippen molar-refractivity contribution in [2.75, 3.05) is 0 Å². The van der Waals surface area contributed by atoms with Gasteiger partial charge in [0, 0.05) is 0 Å². The van der Waals surface area contributed by atoms with Crippen LogP contribution in [-0.2, 0) is 20.1 Å². The van der Waals surface area contributed by atoms with E-state index in [4.69, 9.17) is 0 Å². The Hall–Kier alpha value is -0.620. The van der Waals surface area contributed by atoms with E-state index >= 15 is 0 Å². The molecule has 2 N–H and O–H groups in total. The molecule has 1 radical (unpaired) electrons. The molecule has 6 heteroatoms. The molecule has 0 aliphatic heterocycles. The van der Waals surface area contributed by atoms with Crippen molar-refractivity contribution in [3.8, 4) is 0 Å². The molecule has 1 unspecified atom stereocenters. The highest BCUT2D eigenvalue weighted by Crippen LogP contribution is 1.75. The first-order chi connectivity index (χ1) is 3.13. The standard InChI is InChI=1S/CH2NO4S/c2-1(3)6-7(4)5/h(H2,2,3). The second-order valence-corrected chi connectivity index (χ2v) is 1.18. The molecule has 1 atom stereocenters. The van der Waals surface area contributed by atoms with E-state index < -0.39 is 17.5 Å². The SMILES string of the molecule is NC(=O)OS([O])=O. The van der Waals surface area contributed by atoms with Crippen molar-refractivity contribution < 1.29 is 17.7 Å². The lowest BCUT2D eigenvalue weighted by molar-refractivity contribution is 0.209. The highest BCUT2D eigenvalue weighted by atomic mass is 32.2. The molecular weight excluding hydrogens is 122 g/mol. The Labute approximate surface area is 41.9 Å². The Morgan fingerprint density at radius 1 is 1.71 bits per heavy atom. The molecule has 0 aliphatic carbocycles. The molecular formula is CH2NO4S. The molecule has 5 nitrogen and oxygen atoms in total. The van der Waals surface area contributed by atoms with Crippen LogP contribution in [0.5, 0.6) is 0 Å². The summed E-state index contributed by atoms with van der Waals surface area (Å²) in [5.41, 5.74) is 4.24. The molecule has 0 saturated heterocycles. The molecule has 0 rings (SSSR count). The van der Waals surface area contributed by atoms with Crippen LogP contribution in [0.2, 0.25) is 0 Å². The van der Waals surface area contributed by atoms with Gasteiger partial charge < -0.3 is 9.92 Å². The van der Waals surface area contributed by atoms with E-state index in [0.29, 0.717) is 0 Å². The fourth-order valence-corrected chi connectivity index (χ4v) is 0.201. The topological polar surface area (TPSA) is 89.3 Å². The largest absolute Gasteiger partial charge is 0.420 e. The van der Waals surface area contributed by atoms with Gasteiger partial charge >= 0.3 is 17.5 Å². The van der Waals surface area contributed by atoms with Crippen molar-refractivity contribution in [3.05, 3.63) is 0 Å². The van der Waals surface area contributed by atoms with Gasteiger partial charge in [0.05, 0.1) is 0 Å². The lowest BCUT2D eigenvalue weighted by Crippen LogP contribution is -2.13. The summed E-state index contributed by atoms with van der Waals surface area (Å²) in [6.07, 6.45) is -1.33. The minimum atomic E-state index is -2.82. The number of hydrogen-bond donors (Lipinski definition) is 1. The van der Waals surface area contributed by atoms with Gasteiger partial charge in [0.2, 0.25) is 0 Å². The lowest BCUT2D eigenvalue weighted by Gasteiger charge is -1.84. The zero-order valence-electron chi connectivity index (χ0n) is 3.12. The summed E-state index contributed by atoms with van der Waals surface area (Å²) in [6.45, 7) is 0. The van der Waals surface area contributed by atoms with Gasteiger partial charge in [-0.1, -0.05) is 4.55 Å². The minimum Gasteiger partial charge on any atom is -0.334 e. The third kappa shape index (κ3) is 5.38. The zero-order chi connectivity index (χ0) is 5.86. The van der Waals surface area contributed by atoms with Gasteiger partial charge in [0.1, 0.15) is 0 Å². The van der Waals surface area contributed by atoms with E-state index in [1.54, 1.807) is 0 Å². The summed E-state index contributed by atoms with van der Waals surface area (Å²) in [6, 6.07) is 0. The molecule has 0 fully saturated rings. The number of amides is 1. The van der Waals surface area contributed by atoms with Crippen molar-refractivity contribution in [2.24, 2.45) is 5.73 Å². The van der Waals surface area contributed by atoms with Crippen LogP contribution in [0.3, 0.4) is 0 Å².